The van der Waals surface area contributed by atoms with Crippen LogP contribution in [0.1, 0.15) is 59.7 Å². The largest absolute Gasteiger partial charge is 0.495 e. The predicted molar refractivity (Wildman–Crippen MR) is 158 cm³/mol. The van der Waals surface area contributed by atoms with E-state index in [4.69, 9.17) is 26.2 Å². The molecule has 3 saturated heterocycles. The summed E-state index contributed by atoms with van der Waals surface area (Å²) in [5.41, 5.74) is 6.11. The molecule has 218 valence electrons. The number of carbonyl (C=O) groups excluding carboxylic acids is 1. The van der Waals surface area contributed by atoms with E-state index in [1.54, 1.807) is 24.1 Å². The molecule has 1 amide bonds. The molecule has 2 aromatic rings. The van der Waals surface area contributed by atoms with Crippen molar-refractivity contribution in [1.29, 1.82) is 0 Å². The summed E-state index contributed by atoms with van der Waals surface area (Å²) < 4.78 is 74.4. The van der Waals surface area contributed by atoms with Gasteiger partial charge in [0.2, 0.25) is 0 Å². The van der Waals surface area contributed by atoms with Crippen molar-refractivity contribution in [1.82, 2.24) is 19.8 Å². The molecule has 3 fully saturated rings. The number of piperazine rings is 1. The lowest BCUT2D eigenvalue weighted by Gasteiger charge is -2.42. The number of hydrogen-bond donors (Lipinski definition) is 3. The molecule has 0 atom stereocenters. The number of ether oxygens (including phenoxy) is 2. The van der Waals surface area contributed by atoms with Gasteiger partial charge in [-0.15, -0.1) is 0 Å². The molecule has 5 rings (SSSR count). The number of nitrogens with one attached hydrogen (secondary N) is 2. The fourth-order valence-electron chi connectivity index (χ4n) is 5.63. The predicted octanol–water partition coefficient (Wildman–Crippen LogP) is 2.70. The maximum atomic E-state index is 12.5. The maximum Gasteiger partial charge on any atom is 0.271 e. The number of nitrogens with two attached hydrogens (primary N) is 1. The van der Waals surface area contributed by atoms with Crippen LogP contribution in [-0.2, 0) is 11.1 Å². The zero-order valence-corrected chi connectivity index (χ0v) is 22.9. The number of aryl methyl sites for hydroxylation is 1. The van der Waals surface area contributed by atoms with Crippen molar-refractivity contribution in [3.05, 3.63) is 29.6 Å². The lowest BCUT2D eigenvalue weighted by atomic mass is 10.0. The van der Waals surface area contributed by atoms with E-state index in [0.29, 0.717) is 56.6 Å². The number of piperidine rings is 1. The Kier molecular flexibility index (Phi) is 6.46. The van der Waals surface area contributed by atoms with E-state index in [0.717, 1.165) is 44.7 Å². The first-order valence-corrected chi connectivity index (χ1v) is 13.8. The number of primary amides is 1. The number of aromatic nitrogens is 2. The van der Waals surface area contributed by atoms with Gasteiger partial charge in [-0.3, -0.25) is 9.69 Å². The minimum Gasteiger partial charge on any atom is -0.495 e. The van der Waals surface area contributed by atoms with Crippen LogP contribution in [0.25, 0.3) is 0 Å². The number of methoxy groups -OCH3 is 1. The fourth-order valence-corrected chi connectivity index (χ4v) is 5.63. The number of rotatable bonds is 9. The minimum absolute atomic E-state index is 0.0589. The van der Waals surface area contributed by atoms with Crippen molar-refractivity contribution in [2.45, 2.75) is 51.0 Å². The second-order valence-electron chi connectivity index (χ2n) is 10.4. The fraction of sp³-hybridized carbons (Fsp3) is 0.621. The van der Waals surface area contributed by atoms with Gasteiger partial charge in [0.05, 0.1) is 18.5 Å². The summed E-state index contributed by atoms with van der Waals surface area (Å²) in [6, 6.07) is 5.65. The molecular formula is C29H44N8O3. The number of amides is 1. The van der Waals surface area contributed by atoms with E-state index in [-0.39, 0.29) is 17.7 Å². The van der Waals surface area contributed by atoms with Crippen LogP contribution in [0, 0.1) is 0 Å². The van der Waals surface area contributed by atoms with Gasteiger partial charge >= 0.3 is 0 Å². The number of likely N-dealkylation sites (N-methyl/N-ethyl adjacent to an activating group) is 1. The normalized spacial score (nSPS) is 23.9. The highest BCUT2D eigenvalue weighted by atomic mass is 16.5. The van der Waals surface area contributed by atoms with Gasteiger partial charge in [-0.2, -0.15) is 0 Å². The van der Waals surface area contributed by atoms with Crippen LogP contribution >= 0.6 is 0 Å². The Labute approximate surface area is 248 Å². The third-order valence-corrected chi connectivity index (χ3v) is 7.89. The standard InChI is InChI=1S/C29H44N8O3/c1-4-23-28(31-20-9-17-40-18-10-20)34-29(26(33-23)27(30)38)32-21-5-6-24(25(19-21)39-3)37-11-7-22(8-12-37)36-15-13-35(2)14-16-36/h5-6,19-20,22H,4,7-18H2,1-3H3,(H2,30,38)(H2,31,32,34)/i1D3,2D3,4D2. The first-order valence-electron chi connectivity index (χ1n) is 17.8. The molecule has 4 heterocycles. The quantitative estimate of drug-likeness (QED) is 0.422. The van der Waals surface area contributed by atoms with Gasteiger partial charge in [-0.1, -0.05) is 6.85 Å². The van der Waals surface area contributed by atoms with Crippen LogP contribution in [0.5, 0.6) is 5.75 Å². The molecule has 0 spiro atoms. The molecule has 3 aliphatic heterocycles. The van der Waals surface area contributed by atoms with Crippen molar-refractivity contribution in [3.8, 4) is 5.75 Å². The van der Waals surface area contributed by atoms with Crippen LogP contribution in [0.2, 0.25) is 0 Å². The van der Waals surface area contributed by atoms with Crippen LogP contribution in [0.3, 0.4) is 0 Å². The summed E-state index contributed by atoms with van der Waals surface area (Å²) >= 11 is 0. The lowest BCUT2D eigenvalue weighted by molar-refractivity contribution is 0.0903. The smallest absolute Gasteiger partial charge is 0.271 e. The Balaban J connectivity index is 1.35. The molecule has 4 N–H and O–H groups in total. The Morgan fingerprint density at radius 2 is 1.90 bits per heavy atom. The zero-order chi connectivity index (χ0) is 34.9. The molecule has 0 radical (unpaired) electrons. The molecule has 0 bridgehead atoms. The van der Waals surface area contributed by atoms with E-state index in [9.17, 15) is 4.79 Å². The van der Waals surface area contributed by atoms with Crippen LogP contribution in [-0.4, -0.2) is 104 Å². The lowest BCUT2D eigenvalue weighted by Crippen LogP contribution is -2.52. The van der Waals surface area contributed by atoms with Gasteiger partial charge < -0.3 is 35.6 Å². The Morgan fingerprint density at radius 1 is 1.12 bits per heavy atom. The van der Waals surface area contributed by atoms with Crippen molar-refractivity contribution in [3.63, 3.8) is 0 Å². The molecule has 1 aromatic heterocycles. The molecule has 11 nitrogen and oxygen atoms in total. The Morgan fingerprint density at radius 3 is 2.58 bits per heavy atom. The third kappa shape index (κ3) is 6.59. The maximum absolute atomic E-state index is 12.5. The summed E-state index contributed by atoms with van der Waals surface area (Å²) in [4.78, 5) is 27.4. The molecule has 0 unspecified atom stereocenters. The van der Waals surface area contributed by atoms with Gasteiger partial charge in [-0.05, 0) is 51.2 Å². The SMILES string of the molecule is [2H]C([2H])([2H])N1CCN(C2CCN(c3ccc(Nc4nc(NC5CCOCC5)c(C([2H])([2H])C([2H])([2H])[2H])nc4C(N)=O)cc3OC)CC2)CC1. The van der Waals surface area contributed by atoms with Gasteiger partial charge in [0.15, 0.2) is 17.3 Å². The molecule has 40 heavy (non-hydrogen) atoms. The monoisotopic (exact) mass is 560 g/mol. The molecule has 0 saturated carbocycles. The van der Waals surface area contributed by atoms with Gasteiger partial charge in [0, 0.05) is 87.3 Å². The van der Waals surface area contributed by atoms with E-state index < -0.39 is 37.5 Å². The van der Waals surface area contributed by atoms with E-state index in [1.807, 2.05) is 6.07 Å². The van der Waals surface area contributed by atoms with Gasteiger partial charge in [-0.25, -0.2) is 9.97 Å². The van der Waals surface area contributed by atoms with Crippen molar-refractivity contribution in [2.75, 3.05) is 82.1 Å². The molecular weight excluding hydrogens is 508 g/mol. The Bertz CT molecular complexity index is 1440. The topological polar surface area (TPSA) is 121 Å². The van der Waals surface area contributed by atoms with Crippen LogP contribution in [0.15, 0.2) is 18.2 Å². The van der Waals surface area contributed by atoms with Crippen molar-refractivity contribution < 1.29 is 25.2 Å². The van der Waals surface area contributed by atoms with Crippen LogP contribution < -0.4 is 26.0 Å². The number of hydrogen-bond acceptors (Lipinski definition) is 10. The van der Waals surface area contributed by atoms with Gasteiger partial charge in [0.25, 0.3) is 5.91 Å². The van der Waals surface area contributed by atoms with Gasteiger partial charge in [0.1, 0.15) is 5.75 Å². The molecule has 0 aliphatic carbocycles. The second-order valence-corrected chi connectivity index (χ2v) is 10.4. The summed E-state index contributed by atoms with van der Waals surface area (Å²) in [6.45, 7) is -0.0823. The number of benzene rings is 1. The summed E-state index contributed by atoms with van der Waals surface area (Å²) in [5, 5.41) is 6.20. The number of nitrogens with zero attached hydrogens (tertiary/aromatic N) is 5. The second kappa shape index (κ2) is 13.0. The molecule has 11 heteroatoms. The summed E-state index contributed by atoms with van der Waals surface area (Å²) in [6.07, 6.45) is 0.104. The highest BCUT2D eigenvalue weighted by molar-refractivity contribution is 5.96. The first kappa shape index (κ1) is 19.8. The number of carbonyl (C=O) groups is 1. The number of anilines is 4. The van der Waals surface area contributed by atoms with Crippen LogP contribution in [0.4, 0.5) is 23.0 Å². The molecule has 1 aromatic carbocycles. The summed E-state index contributed by atoms with van der Waals surface area (Å²) in [7, 11) is 1.57. The van der Waals surface area contributed by atoms with Crippen molar-refractivity contribution in [2.24, 2.45) is 5.73 Å². The summed E-state index contributed by atoms with van der Waals surface area (Å²) in [5.74, 6) is -0.580. The average Bonchev–Trinajstić information content (AvgIpc) is 3.04. The highest BCUT2D eigenvalue weighted by Gasteiger charge is 2.28. The van der Waals surface area contributed by atoms with E-state index in [1.165, 1.54) is 0 Å². The van der Waals surface area contributed by atoms with E-state index in [2.05, 4.69) is 30.4 Å². The highest BCUT2D eigenvalue weighted by Crippen LogP contribution is 2.35. The Hall–Kier alpha value is -3.15. The third-order valence-electron chi connectivity index (χ3n) is 7.89. The molecule has 3 aliphatic rings. The minimum atomic E-state index is -3.09. The average molecular weight is 561 g/mol. The zero-order valence-electron chi connectivity index (χ0n) is 30.9. The van der Waals surface area contributed by atoms with Crippen molar-refractivity contribution >= 4 is 28.9 Å². The van der Waals surface area contributed by atoms with E-state index >= 15 is 0 Å². The first-order chi connectivity index (χ1) is 22.6.